The molecule has 8 heteroatoms. The number of carbonyl (C=O) groups is 1. The van der Waals surface area contributed by atoms with Gasteiger partial charge < -0.3 is 5.11 Å². The number of hydrogen-bond acceptors (Lipinski definition) is 3. The van der Waals surface area contributed by atoms with E-state index in [0.29, 0.717) is 6.42 Å². The molecule has 0 aromatic heterocycles. The Bertz CT molecular complexity index is 806. The number of carbonyl (C=O) groups excluding carboxylic acids is 1. The number of amides is 1. The average Bonchev–Trinajstić information content (AvgIpc) is 2.94. The van der Waals surface area contributed by atoms with Crippen molar-refractivity contribution in [3.63, 3.8) is 0 Å². The molecule has 1 aromatic carbocycles. The second-order valence-electron chi connectivity index (χ2n) is 8.31. The van der Waals surface area contributed by atoms with Crippen LogP contribution in [-0.4, -0.2) is 33.6 Å². The highest BCUT2D eigenvalue weighted by Gasteiger charge is 2.69. The van der Waals surface area contributed by atoms with Crippen LogP contribution in [0.2, 0.25) is 0 Å². The highest BCUT2D eigenvalue weighted by molar-refractivity contribution is 5.99. The Hall–Kier alpha value is -1.96. The predicted octanol–water partition coefficient (Wildman–Crippen LogP) is 4.74. The minimum absolute atomic E-state index is 0.0421. The lowest BCUT2D eigenvalue weighted by molar-refractivity contribution is -0.314. The van der Waals surface area contributed by atoms with Gasteiger partial charge in [-0.15, -0.1) is 0 Å². The molecule has 0 spiro atoms. The molecule has 1 aromatic rings. The molecular weight excluding hydrogens is 376 g/mol. The lowest BCUT2D eigenvalue weighted by Gasteiger charge is -2.43. The van der Waals surface area contributed by atoms with Gasteiger partial charge in [-0.25, -0.2) is 4.39 Å². The maximum atomic E-state index is 14.0. The first kappa shape index (κ1) is 20.8. The fraction of sp³-hybridized carbons (Fsp3) is 0.600. The summed E-state index contributed by atoms with van der Waals surface area (Å²) in [5, 5.41) is 14.8. The first-order valence-electron chi connectivity index (χ1n) is 9.38. The summed E-state index contributed by atoms with van der Waals surface area (Å²) in [6.07, 6.45) is -3.31. The first-order valence-corrected chi connectivity index (χ1v) is 9.38. The van der Waals surface area contributed by atoms with E-state index >= 15 is 0 Å². The maximum Gasteiger partial charge on any atom is 0.439 e. The molecule has 1 heterocycles. The van der Waals surface area contributed by atoms with Gasteiger partial charge in [-0.05, 0) is 48.8 Å². The maximum absolute atomic E-state index is 14.0. The zero-order valence-corrected chi connectivity index (χ0v) is 16.1. The van der Waals surface area contributed by atoms with Crippen molar-refractivity contribution >= 4 is 11.6 Å². The van der Waals surface area contributed by atoms with Crippen LogP contribution >= 0.6 is 0 Å². The predicted molar refractivity (Wildman–Crippen MR) is 95.9 cm³/mol. The van der Waals surface area contributed by atoms with Gasteiger partial charge in [-0.1, -0.05) is 33.3 Å². The minimum atomic E-state index is -5.11. The number of halogens is 4. The summed E-state index contributed by atoms with van der Waals surface area (Å²) < 4.78 is 55.6. The molecule has 0 unspecified atom stereocenters. The van der Waals surface area contributed by atoms with E-state index in [1.807, 2.05) is 20.8 Å². The second-order valence-corrected chi connectivity index (χ2v) is 8.31. The van der Waals surface area contributed by atoms with Crippen molar-refractivity contribution in [2.75, 3.05) is 0 Å². The molecule has 0 bridgehead atoms. The fourth-order valence-corrected chi connectivity index (χ4v) is 4.16. The summed E-state index contributed by atoms with van der Waals surface area (Å²) in [5.74, 6) is -3.29. The van der Waals surface area contributed by atoms with Gasteiger partial charge in [0.05, 0.1) is 5.92 Å². The van der Waals surface area contributed by atoms with Crippen molar-refractivity contribution in [3.8, 4) is 0 Å². The number of nitrogens with zero attached hydrogens (tertiary/aromatic N) is 2. The molecule has 2 aliphatic rings. The third kappa shape index (κ3) is 3.21. The molecule has 3 rings (SSSR count). The van der Waals surface area contributed by atoms with E-state index in [2.05, 4.69) is 5.10 Å². The summed E-state index contributed by atoms with van der Waals surface area (Å²) in [4.78, 5) is 12.7. The SMILES string of the molecule is CCC(C)(C)[C@@H]1CCC2=NN(C(=O)c3cccc(F)c3)[C@](O)(C(F)(F)F)[C@H]2C1. The summed E-state index contributed by atoms with van der Waals surface area (Å²) in [6, 6.07) is 4.35. The normalized spacial score (nSPS) is 28.1. The van der Waals surface area contributed by atoms with Gasteiger partial charge in [-0.3, -0.25) is 4.79 Å². The number of aliphatic hydroxyl groups is 1. The molecule has 0 radical (unpaired) electrons. The molecule has 3 atom stereocenters. The van der Waals surface area contributed by atoms with E-state index in [0.717, 1.165) is 18.6 Å². The Balaban J connectivity index is 2.01. The molecule has 1 amide bonds. The van der Waals surface area contributed by atoms with Gasteiger partial charge in [0.2, 0.25) is 0 Å². The van der Waals surface area contributed by atoms with Crippen LogP contribution in [0.25, 0.3) is 0 Å². The number of hydrazone groups is 1. The number of benzene rings is 1. The molecule has 1 saturated carbocycles. The summed E-state index contributed by atoms with van der Waals surface area (Å²) in [6.45, 7) is 5.97. The highest BCUT2D eigenvalue weighted by Crippen LogP contribution is 2.52. The number of rotatable bonds is 3. The number of hydrogen-bond donors (Lipinski definition) is 1. The zero-order chi connectivity index (χ0) is 20.9. The monoisotopic (exact) mass is 400 g/mol. The zero-order valence-electron chi connectivity index (χ0n) is 16.1. The van der Waals surface area contributed by atoms with Crippen molar-refractivity contribution in [2.45, 2.75) is 58.4 Å². The molecule has 1 aliphatic carbocycles. The molecule has 1 N–H and O–H groups in total. The van der Waals surface area contributed by atoms with Gasteiger partial charge in [0.25, 0.3) is 11.6 Å². The Morgan fingerprint density at radius 3 is 2.61 bits per heavy atom. The van der Waals surface area contributed by atoms with Crippen molar-refractivity contribution < 1.29 is 27.5 Å². The smallest absolute Gasteiger partial charge is 0.362 e. The van der Waals surface area contributed by atoms with Gasteiger partial charge in [0.15, 0.2) is 0 Å². The van der Waals surface area contributed by atoms with E-state index in [-0.39, 0.29) is 40.5 Å². The largest absolute Gasteiger partial charge is 0.439 e. The molecular formula is C20H24F4N2O2. The third-order valence-corrected chi connectivity index (χ3v) is 6.41. The lowest BCUT2D eigenvalue weighted by Crippen LogP contribution is -2.62. The Kier molecular flexibility index (Phi) is 5.06. The minimum Gasteiger partial charge on any atom is -0.362 e. The van der Waals surface area contributed by atoms with Gasteiger partial charge in [0.1, 0.15) is 5.82 Å². The summed E-state index contributed by atoms with van der Waals surface area (Å²) in [7, 11) is 0. The first-order chi connectivity index (χ1) is 12.9. The van der Waals surface area contributed by atoms with Gasteiger partial charge in [-0.2, -0.15) is 23.3 Å². The Morgan fingerprint density at radius 1 is 1.36 bits per heavy atom. The molecule has 154 valence electrons. The van der Waals surface area contributed by atoms with Crippen molar-refractivity contribution in [1.29, 1.82) is 0 Å². The second kappa shape index (κ2) is 6.83. The van der Waals surface area contributed by atoms with Crippen molar-refractivity contribution in [3.05, 3.63) is 35.6 Å². The quantitative estimate of drug-likeness (QED) is 0.745. The van der Waals surface area contributed by atoms with E-state index in [1.165, 1.54) is 12.1 Å². The van der Waals surface area contributed by atoms with Gasteiger partial charge in [0, 0.05) is 11.3 Å². The van der Waals surface area contributed by atoms with Crippen LogP contribution in [-0.2, 0) is 0 Å². The Labute approximate surface area is 161 Å². The number of alkyl halides is 3. The van der Waals surface area contributed by atoms with Crippen LogP contribution in [0.3, 0.4) is 0 Å². The van der Waals surface area contributed by atoms with Crippen LogP contribution in [0.5, 0.6) is 0 Å². The van der Waals surface area contributed by atoms with E-state index < -0.39 is 29.5 Å². The topological polar surface area (TPSA) is 52.9 Å². The van der Waals surface area contributed by atoms with E-state index in [9.17, 15) is 27.5 Å². The number of fused-ring (bicyclic) bond motifs is 1. The average molecular weight is 400 g/mol. The van der Waals surface area contributed by atoms with E-state index in [1.54, 1.807) is 0 Å². The standard InChI is InChI=1S/C20H24F4N2O2/c1-4-18(2,3)13-8-9-16-15(11-13)19(28,20(22,23)24)26(25-16)17(27)12-6-5-7-14(21)10-12/h5-7,10,13,15,28H,4,8-9,11H2,1-3H3/t13-,15+,19-/m1/s1. The van der Waals surface area contributed by atoms with Crippen LogP contribution in [0.1, 0.15) is 56.8 Å². The van der Waals surface area contributed by atoms with Crippen LogP contribution in [0.4, 0.5) is 17.6 Å². The molecule has 0 saturated heterocycles. The molecule has 1 aliphatic heterocycles. The summed E-state index contributed by atoms with van der Waals surface area (Å²) in [5.41, 5.74) is -3.75. The Morgan fingerprint density at radius 2 is 2.04 bits per heavy atom. The van der Waals surface area contributed by atoms with Crippen molar-refractivity contribution in [1.82, 2.24) is 5.01 Å². The lowest BCUT2D eigenvalue weighted by atomic mass is 9.64. The highest BCUT2D eigenvalue weighted by atomic mass is 19.4. The fourth-order valence-electron chi connectivity index (χ4n) is 4.16. The molecule has 28 heavy (non-hydrogen) atoms. The molecule has 4 nitrogen and oxygen atoms in total. The molecule has 1 fully saturated rings. The van der Waals surface area contributed by atoms with Crippen molar-refractivity contribution in [2.24, 2.45) is 22.4 Å². The van der Waals surface area contributed by atoms with Crippen LogP contribution < -0.4 is 0 Å². The van der Waals surface area contributed by atoms with Crippen LogP contribution in [0.15, 0.2) is 29.4 Å². The third-order valence-electron chi connectivity index (χ3n) is 6.41. The van der Waals surface area contributed by atoms with Crippen LogP contribution in [0, 0.1) is 23.1 Å². The van der Waals surface area contributed by atoms with Gasteiger partial charge >= 0.3 is 6.18 Å². The van der Waals surface area contributed by atoms with E-state index in [4.69, 9.17) is 0 Å². The summed E-state index contributed by atoms with van der Waals surface area (Å²) >= 11 is 0.